The molecule has 1 atom stereocenters. The molecule has 1 unspecified atom stereocenters. The second-order valence-corrected chi connectivity index (χ2v) is 8.58. The van der Waals surface area contributed by atoms with Gasteiger partial charge in [0.15, 0.2) is 0 Å². The molecule has 0 aliphatic heterocycles. The molecule has 0 heterocycles. The number of hydrogen-bond acceptors (Lipinski definition) is 5. The van der Waals surface area contributed by atoms with E-state index in [-0.39, 0.29) is 49.7 Å². The molecule has 36 heavy (non-hydrogen) atoms. The number of carbonyl (C=O) groups is 1. The fourth-order valence-corrected chi connectivity index (χ4v) is 4.83. The number of alkyl halides is 6. The molecule has 0 amide bonds. The molecule has 2 rings (SSSR count). The molecule has 0 aliphatic rings. The summed E-state index contributed by atoms with van der Waals surface area (Å²) in [5.74, 6) is 0.412. The van der Waals surface area contributed by atoms with E-state index in [1.807, 2.05) is 0 Å². The third kappa shape index (κ3) is 8.39. The summed E-state index contributed by atoms with van der Waals surface area (Å²) in [7, 11) is -2.69. The molecular formula is C23H25F6LiO5P. The number of carbonyl (C=O) groups excluding carboxylic acids is 1. The van der Waals surface area contributed by atoms with Gasteiger partial charge in [-0.1, -0.05) is 6.07 Å². The normalized spacial score (nSPS) is 12.6. The summed E-state index contributed by atoms with van der Waals surface area (Å²) in [6, 6.07) is 5.70. The van der Waals surface area contributed by atoms with Crippen LogP contribution in [0.3, 0.4) is 0 Å². The molecule has 2 aromatic carbocycles. The van der Waals surface area contributed by atoms with Gasteiger partial charge >= 0.3 is 12.4 Å². The van der Waals surface area contributed by atoms with Crippen molar-refractivity contribution in [3.8, 4) is 11.5 Å². The first kappa shape index (κ1) is 32.3. The third-order valence-electron chi connectivity index (χ3n) is 4.49. The molecule has 0 aromatic heterocycles. The molecule has 0 aliphatic carbocycles. The molecule has 0 saturated heterocycles. The summed E-state index contributed by atoms with van der Waals surface area (Å²) in [6.07, 6.45) is -10.4. The van der Waals surface area contributed by atoms with Gasteiger partial charge in [0.2, 0.25) is 5.52 Å². The molecule has 1 radical (unpaired) electrons. The van der Waals surface area contributed by atoms with Crippen molar-refractivity contribution in [1.82, 2.24) is 0 Å². The molecule has 13 heteroatoms. The Kier molecular flexibility index (Phi) is 12.8. The molecule has 0 N–H and O–H groups in total. The Bertz CT molecular complexity index is 968. The van der Waals surface area contributed by atoms with Crippen molar-refractivity contribution in [3.63, 3.8) is 0 Å². The fraction of sp³-hybridized carbons (Fsp3) is 0.435. The van der Waals surface area contributed by atoms with Gasteiger partial charge in [-0.25, -0.2) is 0 Å². The van der Waals surface area contributed by atoms with Crippen molar-refractivity contribution in [1.29, 1.82) is 0 Å². The van der Waals surface area contributed by atoms with E-state index in [1.165, 1.54) is 18.2 Å². The SMILES string of the molecule is CCOCCOP(C(=O)c1c(C(F)(F)F)cccc1C(F)(F)F)c1ccc(OCC)cc1OCC.[Li]. The van der Waals surface area contributed by atoms with Crippen molar-refractivity contribution in [2.45, 2.75) is 33.1 Å². The Morgan fingerprint density at radius 1 is 0.833 bits per heavy atom. The van der Waals surface area contributed by atoms with Crippen LogP contribution in [0.5, 0.6) is 11.5 Å². The van der Waals surface area contributed by atoms with Gasteiger partial charge < -0.3 is 18.7 Å². The Hall–Kier alpha value is -1.76. The quantitative estimate of drug-likeness (QED) is 0.144. The summed E-state index contributed by atoms with van der Waals surface area (Å²) < 4.78 is 104. The maximum Gasteiger partial charge on any atom is 0.417 e. The summed E-state index contributed by atoms with van der Waals surface area (Å²) in [5, 5.41) is 0.0249. The Morgan fingerprint density at radius 2 is 1.42 bits per heavy atom. The average molecular weight is 533 g/mol. The van der Waals surface area contributed by atoms with Gasteiger partial charge in [-0.2, -0.15) is 26.3 Å². The number of ether oxygens (including phenoxy) is 3. The van der Waals surface area contributed by atoms with E-state index in [2.05, 4.69) is 0 Å². The Labute approximate surface area is 218 Å². The van der Waals surface area contributed by atoms with Crippen molar-refractivity contribution in [2.75, 3.05) is 33.0 Å². The second-order valence-electron chi connectivity index (χ2n) is 6.85. The van der Waals surface area contributed by atoms with Crippen LogP contribution in [0.2, 0.25) is 0 Å². The topological polar surface area (TPSA) is 54.0 Å². The van der Waals surface area contributed by atoms with Crippen molar-refractivity contribution in [2.24, 2.45) is 0 Å². The molecule has 0 saturated carbocycles. The molecule has 0 spiro atoms. The van der Waals surface area contributed by atoms with Crippen LogP contribution in [-0.2, 0) is 21.6 Å². The van der Waals surface area contributed by atoms with E-state index in [9.17, 15) is 31.1 Å². The zero-order valence-electron chi connectivity index (χ0n) is 20.3. The molecule has 5 nitrogen and oxygen atoms in total. The van der Waals surface area contributed by atoms with E-state index < -0.39 is 42.7 Å². The molecule has 2 aromatic rings. The first-order chi connectivity index (χ1) is 16.5. The van der Waals surface area contributed by atoms with E-state index >= 15 is 0 Å². The smallest absolute Gasteiger partial charge is 0.417 e. The zero-order valence-corrected chi connectivity index (χ0v) is 21.2. The summed E-state index contributed by atoms with van der Waals surface area (Å²) in [4.78, 5) is 13.5. The number of hydrogen-bond donors (Lipinski definition) is 0. The molecular weight excluding hydrogens is 508 g/mol. The van der Waals surface area contributed by atoms with Crippen LogP contribution in [0.1, 0.15) is 42.3 Å². The molecule has 195 valence electrons. The van der Waals surface area contributed by atoms with Crippen LogP contribution < -0.4 is 14.8 Å². The van der Waals surface area contributed by atoms with Crippen molar-refractivity contribution < 1.29 is 49.9 Å². The molecule has 0 fully saturated rings. The zero-order chi connectivity index (χ0) is 26.2. The second kappa shape index (κ2) is 14.2. The van der Waals surface area contributed by atoms with Gasteiger partial charge in [0.1, 0.15) is 19.6 Å². The van der Waals surface area contributed by atoms with Crippen LogP contribution in [0.15, 0.2) is 36.4 Å². The summed E-state index contributed by atoms with van der Waals surface area (Å²) in [5.41, 5.74) is -6.32. The number of rotatable bonds is 12. The number of benzene rings is 2. The van der Waals surface area contributed by atoms with Crippen LogP contribution in [-0.4, -0.2) is 57.4 Å². The predicted octanol–water partition coefficient (Wildman–Crippen LogP) is 6.06. The van der Waals surface area contributed by atoms with Crippen LogP contribution in [0, 0.1) is 0 Å². The fourth-order valence-electron chi connectivity index (χ4n) is 3.12. The summed E-state index contributed by atoms with van der Waals surface area (Å²) in [6.45, 7) is 5.53. The van der Waals surface area contributed by atoms with Crippen molar-refractivity contribution >= 4 is 37.8 Å². The first-order valence-corrected chi connectivity index (χ1v) is 11.9. The first-order valence-electron chi connectivity index (χ1n) is 10.7. The van der Waals surface area contributed by atoms with Gasteiger partial charge in [-0.3, -0.25) is 4.79 Å². The minimum absolute atomic E-state index is 0. The van der Waals surface area contributed by atoms with Gasteiger partial charge in [0.25, 0.3) is 0 Å². The average Bonchev–Trinajstić information content (AvgIpc) is 2.78. The largest absolute Gasteiger partial charge is 0.494 e. The van der Waals surface area contributed by atoms with E-state index in [0.29, 0.717) is 37.2 Å². The van der Waals surface area contributed by atoms with E-state index in [0.717, 1.165) is 0 Å². The summed E-state index contributed by atoms with van der Waals surface area (Å²) >= 11 is 0. The number of halogens is 6. The van der Waals surface area contributed by atoms with Crippen LogP contribution in [0.4, 0.5) is 26.3 Å². The minimum atomic E-state index is -5.21. The minimum Gasteiger partial charge on any atom is -0.494 e. The van der Waals surface area contributed by atoms with Gasteiger partial charge in [-0.15, -0.1) is 0 Å². The maximum absolute atomic E-state index is 13.7. The van der Waals surface area contributed by atoms with Crippen LogP contribution >= 0.6 is 8.15 Å². The van der Waals surface area contributed by atoms with Gasteiger partial charge in [0.05, 0.1) is 42.9 Å². The Morgan fingerprint density at radius 3 is 1.92 bits per heavy atom. The standard InChI is InChI=1S/C23H25F6O5P.Li/c1-4-31-12-13-34-35(19-11-10-15(32-5-2)14-18(19)33-6-3)21(30)20-16(22(24,25)26)8-7-9-17(20)23(27,28)29;/h7-11,14H,4-6,12-13H2,1-3H3;. The molecule has 0 bridgehead atoms. The monoisotopic (exact) mass is 533 g/mol. The maximum atomic E-state index is 13.7. The van der Waals surface area contributed by atoms with Gasteiger partial charge in [0, 0.05) is 37.1 Å². The third-order valence-corrected chi connectivity index (χ3v) is 6.33. The van der Waals surface area contributed by atoms with Crippen molar-refractivity contribution in [3.05, 3.63) is 53.1 Å². The van der Waals surface area contributed by atoms with Gasteiger partial charge in [-0.05, 0) is 45.0 Å². The van der Waals surface area contributed by atoms with E-state index in [4.69, 9.17) is 18.7 Å². The predicted molar refractivity (Wildman–Crippen MR) is 124 cm³/mol. The van der Waals surface area contributed by atoms with E-state index in [1.54, 1.807) is 20.8 Å². The van der Waals surface area contributed by atoms with Crippen LogP contribution in [0.25, 0.3) is 0 Å². The Balaban J connectivity index is 0.00000648.